The van der Waals surface area contributed by atoms with E-state index in [0.29, 0.717) is 0 Å². The molecule has 1 rings (SSSR count). The first-order valence-electron chi connectivity index (χ1n) is 3.64. The highest BCUT2D eigenvalue weighted by molar-refractivity contribution is 5.92. The molecule has 1 heterocycles. The number of carbonyl (C=O) groups excluding carboxylic acids is 1. The highest BCUT2D eigenvalue weighted by Crippen LogP contribution is 1.96. The van der Waals surface area contributed by atoms with Crippen LogP contribution in [0.1, 0.15) is 6.92 Å². The predicted molar refractivity (Wildman–Crippen MR) is 45.2 cm³/mol. The van der Waals surface area contributed by atoms with Crippen molar-refractivity contribution in [2.75, 3.05) is 5.32 Å². The van der Waals surface area contributed by atoms with Gasteiger partial charge in [-0.2, -0.15) is 0 Å². The van der Waals surface area contributed by atoms with Crippen molar-refractivity contribution < 1.29 is 9.90 Å². The van der Waals surface area contributed by atoms with Gasteiger partial charge >= 0.3 is 5.69 Å². The molecular weight excluding hydrogens is 174 g/mol. The number of anilines is 1. The summed E-state index contributed by atoms with van der Waals surface area (Å²) in [6, 6.07) is 1.42. The third-order valence-electron chi connectivity index (χ3n) is 1.31. The molecular formula is C7H9N3O3. The van der Waals surface area contributed by atoms with Crippen LogP contribution in [0.15, 0.2) is 17.1 Å². The van der Waals surface area contributed by atoms with Gasteiger partial charge in [-0.3, -0.25) is 9.78 Å². The van der Waals surface area contributed by atoms with Gasteiger partial charge in [0, 0.05) is 6.20 Å². The Hall–Kier alpha value is -1.69. The Morgan fingerprint density at radius 2 is 2.46 bits per heavy atom. The lowest BCUT2D eigenvalue weighted by Gasteiger charge is -2.05. The molecule has 3 N–H and O–H groups in total. The van der Waals surface area contributed by atoms with Gasteiger partial charge in [0.05, 0.1) is 0 Å². The largest absolute Gasteiger partial charge is 0.384 e. The third-order valence-corrected chi connectivity index (χ3v) is 1.31. The van der Waals surface area contributed by atoms with Gasteiger partial charge in [0.15, 0.2) is 0 Å². The molecule has 0 saturated heterocycles. The number of aromatic nitrogens is 2. The van der Waals surface area contributed by atoms with Crippen LogP contribution in [0, 0.1) is 0 Å². The van der Waals surface area contributed by atoms with E-state index in [2.05, 4.69) is 15.3 Å². The number of H-pyrrole nitrogens is 1. The van der Waals surface area contributed by atoms with Gasteiger partial charge in [-0.1, -0.05) is 0 Å². The monoisotopic (exact) mass is 183 g/mol. The minimum atomic E-state index is -1.11. The molecule has 0 bridgehead atoms. The second-order valence-electron chi connectivity index (χ2n) is 2.45. The zero-order valence-electron chi connectivity index (χ0n) is 6.94. The van der Waals surface area contributed by atoms with Crippen molar-refractivity contribution in [1.82, 2.24) is 9.97 Å². The Balaban J connectivity index is 2.75. The molecule has 1 amide bonds. The van der Waals surface area contributed by atoms with Crippen LogP contribution in [0.2, 0.25) is 0 Å². The molecule has 70 valence electrons. The summed E-state index contributed by atoms with van der Waals surface area (Å²) in [4.78, 5) is 27.2. The van der Waals surface area contributed by atoms with Crippen molar-refractivity contribution in [3.8, 4) is 0 Å². The maximum atomic E-state index is 10.9. The molecule has 1 aromatic rings. The number of aliphatic hydroxyl groups is 1. The molecule has 0 radical (unpaired) electrons. The summed E-state index contributed by atoms with van der Waals surface area (Å²) in [5.74, 6) is -0.368. The van der Waals surface area contributed by atoms with Crippen molar-refractivity contribution in [3.63, 3.8) is 0 Å². The van der Waals surface area contributed by atoms with E-state index in [1.165, 1.54) is 19.2 Å². The molecule has 13 heavy (non-hydrogen) atoms. The fraction of sp³-hybridized carbons (Fsp3) is 0.286. The van der Waals surface area contributed by atoms with E-state index in [0.717, 1.165) is 0 Å². The zero-order chi connectivity index (χ0) is 9.84. The van der Waals surface area contributed by atoms with Gasteiger partial charge in [0.1, 0.15) is 11.9 Å². The minimum Gasteiger partial charge on any atom is -0.384 e. The Bertz CT molecular complexity index is 358. The first-order chi connectivity index (χ1) is 6.09. The molecule has 1 unspecified atom stereocenters. The van der Waals surface area contributed by atoms with Crippen LogP contribution in [0.3, 0.4) is 0 Å². The van der Waals surface area contributed by atoms with Gasteiger partial charge in [0.2, 0.25) is 0 Å². The van der Waals surface area contributed by atoms with Crippen LogP contribution in [-0.4, -0.2) is 27.1 Å². The molecule has 0 aromatic carbocycles. The predicted octanol–water partition coefficient (Wildman–Crippen LogP) is -0.911. The molecule has 0 aliphatic carbocycles. The van der Waals surface area contributed by atoms with Crippen LogP contribution in [0.25, 0.3) is 0 Å². The SMILES string of the molecule is CC(O)C(=O)Nc1ccnc(=O)[nH]1. The second kappa shape index (κ2) is 3.81. The van der Waals surface area contributed by atoms with Crippen molar-refractivity contribution in [2.45, 2.75) is 13.0 Å². The number of aliphatic hydroxyl groups excluding tert-OH is 1. The van der Waals surface area contributed by atoms with Crippen LogP contribution in [-0.2, 0) is 4.79 Å². The van der Waals surface area contributed by atoms with Gasteiger partial charge in [0.25, 0.3) is 5.91 Å². The summed E-state index contributed by atoms with van der Waals surface area (Å²) in [6.07, 6.45) is 0.146. The topological polar surface area (TPSA) is 95.1 Å². The molecule has 1 atom stereocenters. The van der Waals surface area contributed by atoms with Crippen molar-refractivity contribution >= 4 is 11.7 Å². The van der Waals surface area contributed by atoms with E-state index < -0.39 is 17.7 Å². The summed E-state index contributed by atoms with van der Waals surface area (Å²) in [6.45, 7) is 1.33. The van der Waals surface area contributed by atoms with Crippen LogP contribution in [0.4, 0.5) is 5.82 Å². The number of amides is 1. The van der Waals surface area contributed by atoms with E-state index in [1.807, 2.05) is 0 Å². The number of nitrogens with one attached hydrogen (secondary N) is 2. The number of nitrogens with zero attached hydrogens (tertiary/aromatic N) is 1. The second-order valence-corrected chi connectivity index (χ2v) is 2.45. The Labute approximate surface area is 73.6 Å². The fourth-order valence-corrected chi connectivity index (χ4v) is 0.679. The van der Waals surface area contributed by atoms with Crippen LogP contribution < -0.4 is 11.0 Å². The van der Waals surface area contributed by atoms with E-state index in [9.17, 15) is 9.59 Å². The van der Waals surface area contributed by atoms with E-state index in [1.54, 1.807) is 0 Å². The summed E-state index contributed by atoms with van der Waals surface area (Å²) in [5, 5.41) is 11.1. The summed E-state index contributed by atoms with van der Waals surface area (Å²) in [7, 11) is 0. The summed E-state index contributed by atoms with van der Waals surface area (Å²) < 4.78 is 0. The maximum absolute atomic E-state index is 10.9. The standard InChI is InChI=1S/C7H9N3O3/c1-4(11)6(12)9-5-2-3-8-7(13)10-5/h2-4,11H,1H3,(H2,8,9,10,12,13). The molecule has 1 aromatic heterocycles. The lowest BCUT2D eigenvalue weighted by Crippen LogP contribution is -2.26. The minimum absolute atomic E-state index is 0.214. The van der Waals surface area contributed by atoms with Gasteiger partial charge in [-0.05, 0) is 13.0 Å². The Morgan fingerprint density at radius 1 is 1.77 bits per heavy atom. The van der Waals surface area contributed by atoms with Gasteiger partial charge in [-0.15, -0.1) is 0 Å². The molecule has 0 aliphatic heterocycles. The molecule has 0 saturated carbocycles. The quantitative estimate of drug-likeness (QED) is 0.553. The third kappa shape index (κ3) is 2.68. The van der Waals surface area contributed by atoms with Gasteiger partial charge < -0.3 is 10.4 Å². The van der Waals surface area contributed by atoms with Crippen molar-refractivity contribution in [1.29, 1.82) is 0 Å². The Morgan fingerprint density at radius 3 is 3.00 bits per heavy atom. The van der Waals surface area contributed by atoms with Crippen molar-refractivity contribution in [2.24, 2.45) is 0 Å². The van der Waals surface area contributed by atoms with Crippen LogP contribution in [0.5, 0.6) is 0 Å². The molecule has 0 aliphatic rings. The zero-order valence-corrected chi connectivity index (χ0v) is 6.94. The number of hydrogen-bond acceptors (Lipinski definition) is 4. The number of hydrogen-bond donors (Lipinski definition) is 3. The van der Waals surface area contributed by atoms with Crippen LogP contribution >= 0.6 is 0 Å². The lowest BCUT2D eigenvalue weighted by atomic mass is 10.4. The Kier molecular flexibility index (Phi) is 2.76. The molecule has 6 heteroatoms. The highest BCUT2D eigenvalue weighted by Gasteiger charge is 2.08. The molecule has 0 fully saturated rings. The summed E-state index contributed by atoms with van der Waals surface area (Å²) >= 11 is 0. The molecule has 0 spiro atoms. The van der Waals surface area contributed by atoms with E-state index in [-0.39, 0.29) is 5.82 Å². The van der Waals surface area contributed by atoms with E-state index >= 15 is 0 Å². The first kappa shape index (κ1) is 9.40. The van der Waals surface area contributed by atoms with Crippen molar-refractivity contribution in [3.05, 3.63) is 22.7 Å². The highest BCUT2D eigenvalue weighted by atomic mass is 16.3. The number of aromatic amines is 1. The fourth-order valence-electron chi connectivity index (χ4n) is 0.679. The number of carbonyl (C=O) groups is 1. The van der Waals surface area contributed by atoms with E-state index in [4.69, 9.17) is 5.11 Å². The van der Waals surface area contributed by atoms with Gasteiger partial charge in [-0.25, -0.2) is 9.78 Å². The first-order valence-corrected chi connectivity index (χ1v) is 3.64. The number of rotatable bonds is 2. The smallest absolute Gasteiger partial charge is 0.346 e. The summed E-state index contributed by atoms with van der Waals surface area (Å²) in [5.41, 5.74) is -0.552. The normalized spacial score (nSPS) is 12.2. The maximum Gasteiger partial charge on any atom is 0.346 e. The lowest BCUT2D eigenvalue weighted by molar-refractivity contribution is -0.123. The average Bonchev–Trinajstić information content (AvgIpc) is 2.04. The molecule has 6 nitrogen and oxygen atoms in total. The average molecular weight is 183 g/mol.